The van der Waals surface area contributed by atoms with Crippen molar-refractivity contribution in [1.29, 1.82) is 0 Å². The average Bonchev–Trinajstić information content (AvgIpc) is 3.05. The lowest BCUT2D eigenvalue weighted by molar-refractivity contribution is -0.377. The minimum absolute atomic E-state index is 0.299. The largest absolute Gasteiger partial charge is 0.460 e. The summed E-state index contributed by atoms with van der Waals surface area (Å²) in [5.74, 6) is -4.45. The van der Waals surface area contributed by atoms with Crippen molar-refractivity contribution in [3.8, 4) is 0 Å². The molecule has 2 unspecified atom stereocenters. The molecule has 46 heavy (non-hydrogen) atoms. The third-order valence-corrected chi connectivity index (χ3v) is 9.02. The molecule has 2 atom stereocenters. The van der Waals surface area contributed by atoms with Gasteiger partial charge in [0.1, 0.15) is 26.4 Å². The van der Waals surface area contributed by atoms with E-state index in [1.165, 1.54) is 128 Å². The van der Waals surface area contributed by atoms with Crippen molar-refractivity contribution in [2.45, 2.75) is 205 Å². The van der Waals surface area contributed by atoms with Gasteiger partial charge >= 0.3 is 11.9 Å². The van der Waals surface area contributed by atoms with E-state index in [0.717, 1.165) is 38.5 Å². The van der Waals surface area contributed by atoms with Gasteiger partial charge in [-0.15, -0.1) is 0 Å². The van der Waals surface area contributed by atoms with Gasteiger partial charge in [-0.2, -0.15) is 0 Å². The lowest BCUT2D eigenvalue weighted by Crippen LogP contribution is -2.57. The number of carbonyl (C=O) groups is 2. The number of aliphatic hydroxyl groups is 2. The number of carbonyl (C=O) groups excluding carboxylic acids is 2. The molecule has 0 amide bonds. The third-order valence-electron chi connectivity index (χ3n) is 9.02. The lowest BCUT2D eigenvalue weighted by atomic mass is 10.0. The summed E-state index contributed by atoms with van der Waals surface area (Å²) in [6, 6.07) is 0. The highest BCUT2D eigenvalue weighted by molar-refractivity contribution is 5.69. The molecule has 272 valence electrons. The van der Waals surface area contributed by atoms with Crippen LogP contribution in [0, 0.1) is 0 Å². The van der Waals surface area contributed by atoms with E-state index in [9.17, 15) is 19.8 Å². The molecule has 0 aliphatic carbocycles. The lowest BCUT2D eigenvalue weighted by Gasteiger charge is -2.39. The summed E-state index contributed by atoms with van der Waals surface area (Å²) < 4.78 is 21.2. The molecule has 0 radical (unpaired) electrons. The molecule has 0 spiro atoms. The Labute approximate surface area is 282 Å². The Bertz CT molecular complexity index is 659. The quantitative estimate of drug-likeness (QED) is 0.0544. The van der Waals surface area contributed by atoms with E-state index in [-0.39, 0.29) is 25.2 Å². The Hall–Kier alpha value is -1.22. The van der Waals surface area contributed by atoms with Crippen LogP contribution in [-0.4, -0.2) is 60.2 Å². The first-order chi connectivity index (χ1) is 22.3. The van der Waals surface area contributed by atoms with Crippen molar-refractivity contribution in [3.05, 3.63) is 0 Å². The maximum atomic E-state index is 12.1. The minimum Gasteiger partial charge on any atom is -0.460 e. The van der Waals surface area contributed by atoms with Crippen molar-refractivity contribution in [3.63, 3.8) is 0 Å². The van der Waals surface area contributed by atoms with Gasteiger partial charge in [-0.3, -0.25) is 9.59 Å². The van der Waals surface area contributed by atoms with Gasteiger partial charge in [0.2, 0.25) is 11.6 Å². The van der Waals surface area contributed by atoms with Crippen LogP contribution in [0.25, 0.3) is 0 Å². The average molecular weight is 657 g/mol. The second kappa shape index (κ2) is 28.8. The SMILES string of the molecule is CCCCCCCCCCCCCCCC(=O)OCC1(O)COC(O)(COC(=O)CCCCCCCCCCCCCCC)CO1. The van der Waals surface area contributed by atoms with Crippen LogP contribution in [0.1, 0.15) is 194 Å². The van der Waals surface area contributed by atoms with Crippen molar-refractivity contribution in [2.24, 2.45) is 0 Å². The molecular formula is C38H72O8. The number of unbranched alkanes of at least 4 members (excludes halogenated alkanes) is 24. The van der Waals surface area contributed by atoms with Crippen LogP contribution in [0.5, 0.6) is 0 Å². The van der Waals surface area contributed by atoms with Crippen molar-refractivity contribution in [2.75, 3.05) is 26.4 Å². The van der Waals surface area contributed by atoms with E-state index >= 15 is 0 Å². The van der Waals surface area contributed by atoms with Crippen molar-refractivity contribution >= 4 is 11.9 Å². The zero-order valence-corrected chi connectivity index (χ0v) is 30.0. The first kappa shape index (κ1) is 42.8. The van der Waals surface area contributed by atoms with Crippen LogP contribution in [0.15, 0.2) is 0 Å². The second-order valence-electron chi connectivity index (χ2n) is 13.8. The van der Waals surface area contributed by atoms with Crippen LogP contribution >= 0.6 is 0 Å². The summed E-state index contributed by atoms with van der Waals surface area (Å²) in [5.41, 5.74) is 0. The number of esters is 2. The number of hydrogen-bond acceptors (Lipinski definition) is 8. The van der Waals surface area contributed by atoms with Crippen molar-refractivity contribution in [1.82, 2.24) is 0 Å². The number of ether oxygens (including phenoxy) is 4. The van der Waals surface area contributed by atoms with E-state index in [1.807, 2.05) is 0 Å². The zero-order chi connectivity index (χ0) is 33.6. The monoisotopic (exact) mass is 657 g/mol. The minimum atomic E-state index is -1.84. The van der Waals surface area contributed by atoms with E-state index in [2.05, 4.69) is 13.8 Å². The number of hydrogen-bond donors (Lipinski definition) is 2. The maximum absolute atomic E-state index is 12.1. The van der Waals surface area contributed by atoms with Gasteiger partial charge in [-0.05, 0) is 12.8 Å². The molecule has 1 rings (SSSR count). The fraction of sp³-hybridized carbons (Fsp3) is 0.947. The first-order valence-electron chi connectivity index (χ1n) is 19.4. The Morgan fingerprint density at radius 3 is 0.935 bits per heavy atom. The van der Waals surface area contributed by atoms with Crippen molar-refractivity contribution < 1.29 is 38.7 Å². The van der Waals surface area contributed by atoms with Gasteiger partial charge in [0.25, 0.3) is 0 Å². The maximum Gasteiger partial charge on any atom is 0.305 e. The molecule has 1 aliphatic rings. The van der Waals surface area contributed by atoms with Crippen LogP contribution in [0.2, 0.25) is 0 Å². The molecule has 2 N–H and O–H groups in total. The predicted octanol–water partition coefficient (Wildman–Crippen LogP) is 9.46. The zero-order valence-electron chi connectivity index (χ0n) is 30.0. The topological polar surface area (TPSA) is 112 Å². The van der Waals surface area contributed by atoms with Crippen LogP contribution in [-0.2, 0) is 28.5 Å². The normalized spacial score (nSPS) is 19.7. The molecular weight excluding hydrogens is 584 g/mol. The highest BCUT2D eigenvalue weighted by Crippen LogP contribution is 2.24. The predicted molar refractivity (Wildman–Crippen MR) is 184 cm³/mol. The summed E-state index contributed by atoms with van der Waals surface area (Å²) in [6.45, 7) is 2.96. The van der Waals surface area contributed by atoms with Gasteiger partial charge in [-0.1, -0.05) is 168 Å². The van der Waals surface area contributed by atoms with Gasteiger partial charge in [0.15, 0.2) is 0 Å². The fourth-order valence-electron chi connectivity index (χ4n) is 5.85. The molecule has 1 saturated heterocycles. The van der Waals surface area contributed by atoms with Gasteiger partial charge < -0.3 is 29.2 Å². The summed E-state index contributed by atoms with van der Waals surface area (Å²) in [7, 11) is 0. The molecule has 0 saturated carbocycles. The highest BCUT2D eigenvalue weighted by Gasteiger charge is 2.44. The molecule has 1 heterocycles. The Morgan fingerprint density at radius 1 is 0.457 bits per heavy atom. The molecule has 0 bridgehead atoms. The fourth-order valence-corrected chi connectivity index (χ4v) is 5.85. The molecule has 1 fully saturated rings. The van der Waals surface area contributed by atoms with Crippen LogP contribution < -0.4 is 0 Å². The van der Waals surface area contributed by atoms with Crippen LogP contribution in [0.4, 0.5) is 0 Å². The molecule has 8 heteroatoms. The Morgan fingerprint density at radius 2 is 0.696 bits per heavy atom. The number of rotatable bonds is 32. The summed E-state index contributed by atoms with van der Waals surface area (Å²) >= 11 is 0. The van der Waals surface area contributed by atoms with E-state index in [4.69, 9.17) is 18.9 Å². The summed E-state index contributed by atoms with van der Waals surface area (Å²) in [4.78, 5) is 24.3. The van der Waals surface area contributed by atoms with Gasteiger partial charge in [0, 0.05) is 12.8 Å². The first-order valence-corrected chi connectivity index (χ1v) is 19.4. The molecule has 8 nitrogen and oxygen atoms in total. The van der Waals surface area contributed by atoms with Gasteiger partial charge in [-0.25, -0.2) is 0 Å². The van der Waals surface area contributed by atoms with E-state index < -0.39 is 24.8 Å². The smallest absolute Gasteiger partial charge is 0.305 e. The third kappa shape index (κ3) is 24.9. The Kier molecular flexibility index (Phi) is 26.8. The standard InChI is InChI=1S/C38H72O8/c1-3-5-7-9-11-13-15-17-19-21-23-25-27-29-35(39)43-31-37(41)33-46-38(42,34-45-37)32-44-36(40)30-28-26-24-22-20-18-16-14-12-10-8-6-4-2/h41-42H,3-34H2,1-2H3. The second-order valence-corrected chi connectivity index (χ2v) is 13.8. The Balaban J connectivity index is 1.98. The van der Waals surface area contributed by atoms with Crippen LogP contribution in [0.3, 0.4) is 0 Å². The molecule has 0 aromatic carbocycles. The highest BCUT2D eigenvalue weighted by atomic mass is 16.7. The van der Waals surface area contributed by atoms with E-state index in [1.54, 1.807) is 0 Å². The van der Waals surface area contributed by atoms with E-state index in [0.29, 0.717) is 12.8 Å². The van der Waals surface area contributed by atoms with Gasteiger partial charge in [0.05, 0.1) is 0 Å². The molecule has 0 aromatic rings. The molecule has 0 aromatic heterocycles. The molecule has 1 aliphatic heterocycles. The summed E-state index contributed by atoms with van der Waals surface area (Å²) in [6.07, 6.45) is 32.8. The summed E-state index contributed by atoms with van der Waals surface area (Å²) in [5, 5.41) is 21.1.